The number of carbonyl (C=O) groups excluding carboxylic acids is 1. The Bertz CT molecular complexity index is 718. The smallest absolute Gasteiger partial charge is 0.241 e. The third-order valence-corrected chi connectivity index (χ3v) is 5.16. The van der Waals surface area contributed by atoms with Crippen molar-refractivity contribution in [3.63, 3.8) is 0 Å². The largest absolute Gasteiger partial charge is 0.351 e. The maximum absolute atomic E-state index is 12.4. The fourth-order valence-electron chi connectivity index (χ4n) is 3.09. The lowest BCUT2D eigenvalue weighted by atomic mass is 9.93. The number of piperidine rings is 1. The van der Waals surface area contributed by atoms with Crippen molar-refractivity contribution in [3.8, 4) is 11.4 Å². The summed E-state index contributed by atoms with van der Waals surface area (Å²) in [5, 5.41) is 7.23. The lowest BCUT2D eigenvalue weighted by Gasteiger charge is -2.33. The Morgan fingerprint density at radius 3 is 2.62 bits per heavy atom. The summed E-state index contributed by atoms with van der Waals surface area (Å²) < 4.78 is 5.39. The average molecular weight is 356 g/mol. The van der Waals surface area contributed by atoms with E-state index in [0.29, 0.717) is 18.3 Å². The lowest BCUT2D eigenvalue weighted by Crippen LogP contribution is -2.48. The number of hydrogen-bond donors (Lipinski definition) is 1. The lowest BCUT2D eigenvalue weighted by molar-refractivity contribution is -0.128. The van der Waals surface area contributed by atoms with Crippen LogP contribution in [0, 0.1) is 5.92 Å². The molecule has 0 spiro atoms. The van der Waals surface area contributed by atoms with E-state index in [1.165, 1.54) is 0 Å². The van der Waals surface area contributed by atoms with Gasteiger partial charge in [-0.3, -0.25) is 9.69 Å². The fraction of sp³-hybridized carbons (Fsp3) is 0.550. The summed E-state index contributed by atoms with van der Waals surface area (Å²) in [4.78, 5) is 19.2. The summed E-state index contributed by atoms with van der Waals surface area (Å²) in [7, 11) is 0. The monoisotopic (exact) mass is 356 g/mol. The van der Waals surface area contributed by atoms with Crippen LogP contribution in [0.15, 0.2) is 34.9 Å². The van der Waals surface area contributed by atoms with E-state index in [2.05, 4.69) is 41.1 Å². The Hall–Kier alpha value is -2.21. The van der Waals surface area contributed by atoms with Crippen molar-refractivity contribution in [2.24, 2.45) is 5.92 Å². The van der Waals surface area contributed by atoms with Crippen LogP contribution >= 0.6 is 0 Å². The molecular formula is C20H28N4O2. The average Bonchev–Trinajstić information content (AvgIpc) is 3.11. The summed E-state index contributed by atoms with van der Waals surface area (Å²) >= 11 is 0. The number of carbonyl (C=O) groups is 1. The topological polar surface area (TPSA) is 71.3 Å². The summed E-state index contributed by atoms with van der Waals surface area (Å²) in [5.74, 6) is 1.52. The predicted octanol–water partition coefficient (Wildman–Crippen LogP) is 3.25. The number of aromatic nitrogens is 2. The number of benzene rings is 1. The molecule has 1 fully saturated rings. The molecule has 1 aromatic carbocycles. The van der Waals surface area contributed by atoms with Gasteiger partial charge in [-0.05, 0) is 46.2 Å². The van der Waals surface area contributed by atoms with Crippen LogP contribution in [-0.4, -0.2) is 39.6 Å². The van der Waals surface area contributed by atoms with Crippen LogP contribution in [0.1, 0.15) is 45.9 Å². The second-order valence-corrected chi connectivity index (χ2v) is 7.65. The minimum Gasteiger partial charge on any atom is -0.351 e. The van der Waals surface area contributed by atoms with Crippen molar-refractivity contribution in [2.45, 2.75) is 52.1 Å². The Labute approximate surface area is 155 Å². The molecule has 2 heterocycles. The molecule has 26 heavy (non-hydrogen) atoms. The molecule has 140 valence electrons. The van der Waals surface area contributed by atoms with Crippen LogP contribution in [0.3, 0.4) is 0 Å². The second kappa shape index (κ2) is 7.99. The van der Waals surface area contributed by atoms with Gasteiger partial charge in [0, 0.05) is 17.0 Å². The van der Waals surface area contributed by atoms with Gasteiger partial charge in [-0.2, -0.15) is 4.98 Å². The van der Waals surface area contributed by atoms with Crippen molar-refractivity contribution < 1.29 is 9.32 Å². The number of nitrogens with zero attached hydrogens (tertiary/aromatic N) is 3. The van der Waals surface area contributed by atoms with Crippen LogP contribution in [0.2, 0.25) is 0 Å². The molecule has 0 aliphatic carbocycles. The maximum atomic E-state index is 12.4. The first-order valence-corrected chi connectivity index (χ1v) is 9.39. The van der Waals surface area contributed by atoms with Gasteiger partial charge in [0.05, 0.1) is 6.54 Å². The molecule has 0 bridgehead atoms. The molecule has 1 amide bonds. The Morgan fingerprint density at radius 2 is 1.96 bits per heavy atom. The van der Waals surface area contributed by atoms with E-state index in [9.17, 15) is 4.79 Å². The molecular weight excluding hydrogens is 328 g/mol. The number of rotatable bonds is 6. The molecule has 6 heteroatoms. The summed E-state index contributed by atoms with van der Waals surface area (Å²) in [6.07, 6.45) is 2.66. The van der Waals surface area contributed by atoms with Crippen molar-refractivity contribution >= 4 is 5.91 Å². The highest BCUT2D eigenvalue weighted by Crippen LogP contribution is 2.21. The quantitative estimate of drug-likeness (QED) is 0.860. The van der Waals surface area contributed by atoms with Crippen LogP contribution < -0.4 is 5.32 Å². The zero-order valence-electron chi connectivity index (χ0n) is 15.9. The van der Waals surface area contributed by atoms with Crippen LogP contribution in [-0.2, 0) is 11.3 Å². The predicted molar refractivity (Wildman–Crippen MR) is 100 cm³/mol. The van der Waals surface area contributed by atoms with E-state index in [1.807, 2.05) is 30.3 Å². The molecule has 6 nitrogen and oxygen atoms in total. The number of nitrogens with one attached hydrogen (secondary N) is 1. The first kappa shape index (κ1) is 18.6. The molecule has 1 N–H and O–H groups in total. The van der Waals surface area contributed by atoms with Gasteiger partial charge in [-0.1, -0.05) is 42.4 Å². The molecule has 1 aliphatic heterocycles. The van der Waals surface area contributed by atoms with Crippen molar-refractivity contribution in [2.75, 3.05) is 13.1 Å². The van der Waals surface area contributed by atoms with Gasteiger partial charge in [0.15, 0.2) is 0 Å². The SMILES string of the molecule is CCC(C)(C)NC(=O)C1CCN(Cc2nc(-c3ccccc3)no2)CC1. The first-order valence-electron chi connectivity index (χ1n) is 9.39. The van der Waals surface area contributed by atoms with E-state index < -0.39 is 0 Å². The van der Waals surface area contributed by atoms with E-state index in [-0.39, 0.29) is 17.4 Å². The van der Waals surface area contributed by atoms with E-state index in [0.717, 1.165) is 37.9 Å². The molecule has 0 saturated carbocycles. The highest BCUT2D eigenvalue weighted by Gasteiger charge is 2.28. The van der Waals surface area contributed by atoms with Gasteiger partial charge in [0.1, 0.15) is 0 Å². The zero-order valence-corrected chi connectivity index (χ0v) is 15.9. The van der Waals surface area contributed by atoms with E-state index >= 15 is 0 Å². The van der Waals surface area contributed by atoms with Crippen molar-refractivity contribution in [3.05, 3.63) is 36.2 Å². The van der Waals surface area contributed by atoms with E-state index in [4.69, 9.17) is 4.52 Å². The minimum absolute atomic E-state index is 0.0969. The molecule has 1 aromatic heterocycles. The fourth-order valence-corrected chi connectivity index (χ4v) is 3.09. The second-order valence-electron chi connectivity index (χ2n) is 7.65. The Morgan fingerprint density at radius 1 is 1.27 bits per heavy atom. The van der Waals surface area contributed by atoms with Gasteiger partial charge in [0.2, 0.25) is 17.6 Å². The zero-order chi connectivity index (χ0) is 18.6. The van der Waals surface area contributed by atoms with E-state index in [1.54, 1.807) is 0 Å². The molecule has 3 rings (SSSR count). The summed E-state index contributed by atoms with van der Waals surface area (Å²) in [6.45, 7) is 8.60. The maximum Gasteiger partial charge on any atom is 0.241 e. The molecule has 2 aromatic rings. The number of likely N-dealkylation sites (tertiary alicyclic amines) is 1. The van der Waals surface area contributed by atoms with Crippen LogP contribution in [0.5, 0.6) is 0 Å². The van der Waals surface area contributed by atoms with Gasteiger partial charge in [0.25, 0.3) is 0 Å². The number of amides is 1. The Balaban J connectivity index is 1.50. The molecule has 0 atom stereocenters. The molecule has 0 radical (unpaired) electrons. The van der Waals surface area contributed by atoms with Gasteiger partial charge >= 0.3 is 0 Å². The minimum atomic E-state index is -0.133. The summed E-state index contributed by atoms with van der Waals surface area (Å²) in [6, 6.07) is 9.82. The standard InChI is InChI=1S/C20H28N4O2/c1-4-20(2,3)22-19(25)16-10-12-24(13-11-16)14-17-21-18(23-26-17)15-8-6-5-7-9-15/h5-9,16H,4,10-14H2,1-3H3,(H,22,25). The van der Waals surface area contributed by atoms with Gasteiger partial charge < -0.3 is 9.84 Å². The van der Waals surface area contributed by atoms with Gasteiger partial charge in [-0.25, -0.2) is 0 Å². The van der Waals surface area contributed by atoms with Crippen molar-refractivity contribution in [1.29, 1.82) is 0 Å². The molecule has 1 saturated heterocycles. The van der Waals surface area contributed by atoms with Crippen LogP contribution in [0.25, 0.3) is 11.4 Å². The van der Waals surface area contributed by atoms with Crippen molar-refractivity contribution in [1.82, 2.24) is 20.4 Å². The third-order valence-electron chi connectivity index (χ3n) is 5.16. The third kappa shape index (κ3) is 4.69. The number of hydrogen-bond acceptors (Lipinski definition) is 5. The highest BCUT2D eigenvalue weighted by molar-refractivity contribution is 5.79. The van der Waals surface area contributed by atoms with Crippen LogP contribution in [0.4, 0.5) is 0 Å². The molecule has 0 unspecified atom stereocenters. The normalized spacial score (nSPS) is 16.6. The Kier molecular flexibility index (Phi) is 5.71. The van der Waals surface area contributed by atoms with Gasteiger partial charge in [-0.15, -0.1) is 0 Å². The molecule has 1 aliphatic rings. The summed E-state index contributed by atoms with van der Waals surface area (Å²) in [5.41, 5.74) is 0.822. The highest BCUT2D eigenvalue weighted by atomic mass is 16.5. The first-order chi connectivity index (χ1) is 12.5.